The molecule has 19 heavy (non-hydrogen) atoms. The SMILES string of the molecule is CCC(C)[Si](CC)(CC)O[Si](CC)(CC)C(C)CC. The van der Waals surface area contributed by atoms with Crippen LogP contribution >= 0.6 is 0 Å². The van der Waals surface area contributed by atoms with Crippen LogP contribution in [0.2, 0.25) is 35.3 Å². The molecule has 0 spiro atoms. The molecule has 2 unspecified atom stereocenters. The third-order valence-electron chi connectivity index (χ3n) is 5.82. The predicted octanol–water partition coefficient (Wildman–Crippen LogP) is 6.57. The maximum Gasteiger partial charge on any atom is 0.181 e. The summed E-state index contributed by atoms with van der Waals surface area (Å²) in [6.45, 7) is 19.1. The molecule has 0 radical (unpaired) electrons. The molecule has 0 N–H and O–H groups in total. The highest BCUT2D eigenvalue weighted by atomic mass is 28.4. The van der Waals surface area contributed by atoms with E-state index in [4.69, 9.17) is 4.12 Å². The third-order valence-corrected chi connectivity index (χ3v) is 18.3. The zero-order valence-corrected chi connectivity index (χ0v) is 16.8. The van der Waals surface area contributed by atoms with Crippen molar-refractivity contribution in [1.29, 1.82) is 0 Å². The maximum absolute atomic E-state index is 7.21. The lowest BCUT2D eigenvalue weighted by Gasteiger charge is -2.46. The molecule has 0 fully saturated rings. The van der Waals surface area contributed by atoms with Crippen LogP contribution in [-0.2, 0) is 4.12 Å². The molecular formula is C16H38OSi2. The molecule has 1 nitrogen and oxygen atoms in total. The summed E-state index contributed by atoms with van der Waals surface area (Å²) in [5.74, 6) is 0. The van der Waals surface area contributed by atoms with Crippen LogP contribution in [0, 0.1) is 0 Å². The molecule has 0 aliphatic carbocycles. The molecule has 0 amide bonds. The Kier molecular flexibility index (Phi) is 8.81. The van der Waals surface area contributed by atoms with Gasteiger partial charge in [-0.05, 0) is 35.3 Å². The van der Waals surface area contributed by atoms with Gasteiger partial charge in [0.15, 0.2) is 16.6 Å². The van der Waals surface area contributed by atoms with E-state index >= 15 is 0 Å². The highest BCUT2D eigenvalue weighted by molar-refractivity contribution is 6.88. The van der Waals surface area contributed by atoms with E-state index in [-0.39, 0.29) is 0 Å². The Morgan fingerprint density at radius 1 is 0.632 bits per heavy atom. The van der Waals surface area contributed by atoms with Crippen LogP contribution in [0.1, 0.15) is 68.2 Å². The fourth-order valence-corrected chi connectivity index (χ4v) is 16.0. The molecule has 0 bridgehead atoms. The van der Waals surface area contributed by atoms with E-state index in [9.17, 15) is 0 Å². The van der Waals surface area contributed by atoms with Gasteiger partial charge >= 0.3 is 0 Å². The average Bonchev–Trinajstić information content (AvgIpc) is 2.48. The van der Waals surface area contributed by atoms with Gasteiger partial charge in [-0.25, -0.2) is 0 Å². The molecule has 3 heteroatoms. The van der Waals surface area contributed by atoms with E-state index in [0.717, 1.165) is 11.1 Å². The molecule has 0 aromatic carbocycles. The monoisotopic (exact) mass is 302 g/mol. The first-order valence-corrected chi connectivity index (χ1v) is 13.4. The quantitative estimate of drug-likeness (QED) is 0.414. The molecule has 2 atom stereocenters. The molecule has 116 valence electrons. The van der Waals surface area contributed by atoms with Crippen LogP contribution in [0.3, 0.4) is 0 Å². The van der Waals surface area contributed by atoms with Crippen LogP contribution in [0.5, 0.6) is 0 Å². The van der Waals surface area contributed by atoms with E-state index < -0.39 is 16.6 Å². The van der Waals surface area contributed by atoms with Gasteiger partial charge in [0.05, 0.1) is 0 Å². The highest BCUT2D eigenvalue weighted by Gasteiger charge is 2.46. The summed E-state index contributed by atoms with van der Waals surface area (Å²) in [6.07, 6.45) is 2.57. The molecule has 0 saturated carbocycles. The Morgan fingerprint density at radius 3 is 1.05 bits per heavy atom. The van der Waals surface area contributed by atoms with Crippen molar-refractivity contribution in [1.82, 2.24) is 0 Å². The smallest absolute Gasteiger partial charge is 0.181 e. The summed E-state index contributed by atoms with van der Waals surface area (Å²) < 4.78 is 7.21. The lowest BCUT2D eigenvalue weighted by Crippen LogP contribution is -2.54. The van der Waals surface area contributed by atoms with E-state index in [1.54, 1.807) is 0 Å². The minimum atomic E-state index is -1.54. The van der Waals surface area contributed by atoms with Crippen molar-refractivity contribution in [2.45, 2.75) is 103 Å². The van der Waals surface area contributed by atoms with Crippen molar-refractivity contribution in [3.05, 3.63) is 0 Å². The third kappa shape index (κ3) is 4.18. The molecule has 0 saturated heterocycles. The van der Waals surface area contributed by atoms with Crippen molar-refractivity contribution in [2.75, 3.05) is 0 Å². The summed E-state index contributed by atoms with van der Waals surface area (Å²) in [7, 11) is -3.08. The van der Waals surface area contributed by atoms with Gasteiger partial charge in [-0.3, -0.25) is 0 Å². The highest BCUT2D eigenvalue weighted by Crippen LogP contribution is 2.42. The summed E-state index contributed by atoms with van der Waals surface area (Å²) in [6, 6.07) is 5.18. The molecule has 0 heterocycles. The second-order valence-corrected chi connectivity index (χ2v) is 16.1. The minimum absolute atomic E-state index is 0.802. The zero-order chi connectivity index (χ0) is 15.1. The zero-order valence-electron chi connectivity index (χ0n) is 14.8. The van der Waals surface area contributed by atoms with Gasteiger partial charge in [-0.1, -0.05) is 68.2 Å². The van der Waals surface area contributed by atoms with Crippen LogP contribution < -0.4 is 0 Å². The van der Waals surface area contributed by atoms with Crippen molar-refractivity contribution in [2.24, 2.45) is 0 Å². The largest absolute Gasteiger partial charge is 0.454 e. The fraction of sp³-hybridized carbons (Fsp3) is 1.00. The van der Waals surface area contributed by atoms with Gasteiger partial charge in [0.25, 0.3) is 0 Å². The second-order valence-electron chi connectivity index (χ2n) is 6.26. The topological polar surface area (TPSA) is 9.23 Å². The summed E-state index contributed by atoms with van der Waals surface area (Å²) in [5.41, 5.74) is 1.60. The molecule has 0 aromatic heterocycles. The Hall–Kier alpha value is 0.394. The van der Waals surface area contributed by atoms with Gasteiger partial charge in [0.2, 0.25) is 0 Å². The molecule has 0 aliphatic heterocycles. The van der Waals surface area contributed by atoms with Gasteiger partial charge in [0, 0.05) is 0 Å². The van der Waals surface area contributed by atoms with Crippen molar-refractivity contribution >= 4 is 16.6 Å². The van der Waals surface area contributed by atoms with Gasteiger partial charge in [-0.15, -0.1) is 0 Å². The molecule has 0 rings (SSSR count). The van der Waals surface area contributed by atoms with Gasteiger partial charge in [-0.2, -0.15) is 0 Å². The molecule has 0 aliphatic rings. The average molecular weight is 303 g/mol. The molecule has 0 aromatic rings. The maximum atomic E-state index is 7.21. The van der Waals surface area contributed by atoms with E-state index in [1.807, 2.05) is 0 Å². The Morgan fingerprint density at radius 2 is 0.895 bits per heavy atom. The normalized spacial score (nSPS) is 16.4. The van der Waals surface area contributed by atoms with Gasteiger partial charge in [0.1, 0.15) is 0 Å². The van der Waals surface area contributed by atoms with E-state index in [2.05, 4.69) is 55.4 Å². The van der Waals surface area contributed by atoms with Crippen molar-refractivity contribution in [3.8, 4) is 0 Å². The van der Waals surface area contributed by atoms with Crippen LogP contribution in [0.4, 0.5) is 0 Å². The Labute approximate surface area is 124 Å². The first-order chi connectivity index (χ1) is 8.91. The van der Waals surface area contributed by atoms with E-state index in [1.165, 1.54) is 37.0 Å². The first kappa shape index (κ1) is 19.4. The predicted molar refractivity (Wildman–Crippen MR) is 93.9 cm³/mol. The lowest BCUT2D eigenvalue weighted by molar-refractivity contribution is 0.465. The lowest BCUT2D eigenvalue weighted by atomic mass is 10.4. The second kappa shape index (κ2) is 8.63. The van der Waals surface area contributed by atoms with Crippen molar-refractivity contribution in [3.63, 3.8) is 0 Å². The summed E-state index contributed by atoms with van der Waals surface area (Å²) in [5, 5.41) is 0. The standard InChI is InChI=1S/C16H38OSi2/c1-9-15(7)18(11-3,12-4)17-19(13-5,14-6)16(8)10-2/h15-16H,9-14H2,1-8H3. The first-order valence-electron chi connectivity index (χ1n) is 8.61. The Bertz CT molecular complexity index is 211. The number of rotatable bonds is 10. The van der Waals surface area contributed by atoms with Crippen molar-refractivity contribution < 1.29 is 4.12 Å². The summed E-state index contributed by atoms with van der Waals surface area (Å²) >= 11 is 0. The fourth-order valence-electron chi connectivity index (χ4n) is 3.53. The van der Waals surface area contributed by atoms with E-state index in [0.29, 0.717) is 0 Å². The Balaban J connectivity index is 5.37. The van der Waals surface area contributed by atoms with Crippen LogP contribution in [0.25, 0.3) is 0 Å². The summed E-state index contributed by atoms with van der Waals surface area (Å²) in [4.78, 5) is 0. The molecular weight excluding hydrogens is 264 g/mol. The number of hydrogen-bond acceptors (Lipinski definition) is 1. The number of hydrogen-bond donors (Lipinski definition) is 0. The van der Waals surface area contributed by atoms with Crippen LogP contribution in [0.15, 0.2) is 0 Å². The minimum Gasteiger partial charge on any atom is -0.454 e. The van der Waals surface area contributed by atoms with Crippen LogP contribution in [-0.4, -0.2) is 16.6 Å². The van der Waals surface area contributed by atoms with Gasteiger partial charge < -0.3 is 4.12 Å².